The van der Waals surface area contributed by atoms with Crippen molar-refractivity contribution >= 4 is 11.8 Å². The Morgan fingerprint density at radius 1 is 1.39 bits per heavy atom. The zero-order valence-electron chi connectivity index (χ0n) is 10.7. The summed E-state index contributed by atoms with van der Waals surface area (Å²) in [5.41, 5.74) is 0.497. The van der Waals surface area contributed by atoms with E-state index in [9.17, 15) is 9.59 Å². The maximum absolute atomic E-state index is 11.9. The van der Waals surface area contributed by atoms with Gasteiger partial charge in [0.05, 0.1) is 12.5 Å². The summed E-state index contributed by atoms with van der Waals surface area (Å²) in [4.78, 5) is 22.6. The molecule has 0 spiro atoms. The van der Waals surface area contributed by atoms with Gasteiger partial charge >= 0.3 is 5.97 Å². The van der Waals surface area contributed by atoms with Gasteiger partial charge in [-0.1, -0.05) is 26.0 Å². The summed E-state index contributed by atoms with van der Waals surface area (Å²) in [7, 11) is 0. The first-order chi connectivity index (χ1) is 8.54. The fourth-order valence-corrected chi connectivity index (χ4v) is 1.46. The Balaban J connectivity index is 2.70. The molecule has 0 fully saturated rings. The molecule has 1 aromatic rings. The molecule has 98 valence electrons. The summed E-state index contributed by atoms with van der Waals surface area (Å²) in [5.74, 6) is -1.16. The molecule has 0 bridgehead atoms. The van der Waals surface area contributed by atoms with Gasteiger partial charge in [0.2, 0.25) is 0 Å². The van der Waals surface area contributed by atoms with Gasteiger partial charge in [-0.25, -0.2) is 0 Å². The predicted molar refractivity (Wildman–Crippen MR) is 68.0 cm³/mol. The SMILES string of the molecule is CCCOc1cccc(C(=O)CC(C)C(=O)O)c1. The van der Waals surface area contributed by atoms with Crippen LogP contribution in [0.4, 0.5) is 0 Å². The molecule has 1 unspecified atom stereocenters. The molecule has 4 nitrogen and oxygen atoms in total. The Morgan fingerprint density at radius 3 is 2.72 bits per heavy atom. The van der Waals surface area contributed by atoms with Gasteiger partial charge in [0.1, 0.15) is 5.75 Å². The number of ether oxygens (including phenoxy) is 1. The molecule has 1 rings (SSSR count). The third-order valence-electron chi connectivity index (χ3n) is 2.54. The molecule has 0 heterocycles. The standard InChI is InChI=1S/C14H18O4/c1-3-7-18-12-6-4-5-11(9-12)13(15)8-10(2)14(16)17/h4-6,9-10H,3,7-8H2,1-2H3,(H,16,17). The van der Waals surface area contributed by atoms with E-state index >= 15 is 0 Å². The van der Waals surface area contributed by atoms with Crippen LogP contribution in [0.15, 0.2) is 24.3 Å². The zero-order valence-corrected chi connectivity index (χ0v) is 10.7. The largest absolute Gasteiger partial charge is 0.494 e. The van der Waals surface area contributed by atoms with E-state index in [-0.39, 0.29) is 12.2 Å². The van der Waals surface area contributed by atoms with Crippen LogP contribution in [0.2, 0.25) is 0 Å². The predicted octanol–water partition coefficient (Wildman–Crippen LogP) is 2.77. The van der Waals surface area contributed by atoms with Crippen molar-refractivity contribution < 1.29 is 19.4 Å². The van der Waals surface area contributed by atoms with Crippen molar-refractivity contribution in [3.8, 4) is 5.75 Å². The first kappa shape index (κ1) is 14.2. The van der Waals surface area contributed by atoms with E-state index in [1.807, 2.05) is 6.92 Å². The minimum absolute atomic E-state index is 0.00651. The summed E-state index contributed by atoms with van der Waals surface area (Å²) in [6.07, 6.45) is 0.904. The van der Waals surface area contributed by atoms with Crippen LogP contribution in [0.1, 0.15) is 37.0 Å². The number of hydrogen-bond donors (Lipinski definition) is 1. The van der Waals surface area contributed by atoms with E-state index in [1.165, 1.54) is 6.92 Å². The maximum Gasteiger partial charge on any atom is 0.306 e. The highest BCUT2D eigenvalue weighted by molar-refractivity contribution is 5.98. The number of Topliss-reactive ketones (excluding diaryl/α,β-unsaturated/α-hetero) is 1. The fourth-order valence-electron chi connectivity index (χ4n) is 1.46. The maximum atomic E-state index is 11.9. The number of ketones is 1. The van der Waals surface area contributed by atoms with Crippen molar-refractivity contribution in [1.82, 2.24) is 0 Å². The zero-order chi connectivity index (χ0) is 13.5. The lowest BCUT2D eigenvalue weighted by Crippen LogP contribution is -2.14. The second-order valence-corrected chi connectivity index (χ2v) is 4.24. The lowest BCUT2D eigenvalue weighted by Gasteiger charge is -2.08. The Kier molecular flexibility index (Phi) is 5.36. The molecular formula is C14H18O4. The summed E-state index contributed by atoms with van der Waals surface area (Å²) < 4.78 is 5.43. The Morgan fingerprint density at radius 2 is 2.11 bits per heavy atom. The topological polar surface area (TPSA) is 63.6 Å². The smallest absolute Gasteiger partial charge is 0.306 e. The highest BCUT2D eigenvalue weighted by atomic mass is 16.5. The van der Waals surface area contributed by atoms with Crippen LogP contribution in [0.25, 0.3) is 0 Å². The first-order valence-electron chi connectivity index (χ1n) is 6.03. The molecule has 0 aliphatic rings. The van der Waals surface area contributed by atoms with Crippen LogP contribution < -0.4 is 4.74 Å². The summed E-state index contributed by atoms with van der Waals surface area (Å²) >= 11 is 0. The van der Waals surface area contributed by atoms with E-state index in [0.717, 1.165) is 6.42 Å². The van der Waals surface area contributed by atoms with Gasteiger partial charge in [-0.15, -0.1) is 0 Å². The molecule has 1 aromatic carbocycles. The molecular weight excluding hydrogens is 232 g/mol. The summed E-state index contributed by atoms with van der Waals surface area (Å²) in [6, 6.07) is 6.86. The fraction of sp³-hybridized carbons (Fsp3) is 0.429. The lowest BCUT2D eigenvalue weighted by atomic mass is 10.00. The van der Waals surface area contributed by atoms with Crippen molar-refractivity contribution in [2.24, 2.45) is 5.92 Å². The van der Waals surface area contributed by atoms with E-state index in [1.54, 1.807) is 24.3 Å². The highest BCUT2D eigenvalue weighted by Gasteiger charge is 2.17. The average Bonchev–Trinajstić information content (AvgIpc) is 2.36. The van der Waals surface area contributed by atoms with Gasteiger partial charge < -0.3 is 9.84 Å². The minimum atomic E-state index is -0.957. The number of carbonyl (C=O) groups is 2. The van der Waals surface area contributed by atoms with Crippen molar-refractivity contribution in [3.63, 3.8) is 0 Å². The van der Waals surface area contributed by atoms with E-state index < -0.39 is 11.9 Å². The number of aliphatic carboxylic acids is 1. The second-order valence-electron chi connectivity index (χ2n) is 4.24. The summed E-state index contributed by atoms with van der Waals surface area (Å²) in [6.45, 7) is 4.13. The quantitative estimate of drug-likeness (QED) is 0.756. The van der Waals surface area contributed by atoms with Crippen molar-refractivity contribution in [1.29, 1.82) is 0 Å². The van der Waals surface area contributed by atoms with Gasteiger partial charge in [0.15, 0.2) is 5.78 Å². The molecule has 0 radical (unpaired) electrons. The molecule has 0 saturated carbocycles. The number of carbonyl (C=O) groups excluding carboxylic acids is 1. The van der Waals surface area contributed by atoms with Crippen molar-refractivity contribution in [2.45, 2.75) is 26.7 Å². The van der Waals surface area contributed by atoms with Crippen LogP contribution in [-0.4, -0.2) is 23.5 Å². The molecule has 1 atom stereocenters. The number of benzene rings is 1. The molecule has 0 saturated heterocycles. The number of rotatable bonds is 7. The normalized spacial score (nSPS) is 11.9. The Hall–Kier alpha value is -1.84. The number of carboxylic acid groups (broad SMARTS) is 1. The van der Waals surface area contributed by atoms with Gasteiger partial charge in [0, 0.05) is 12.0 Å². The number of hydrogen-bond acceptors (Lipinski definition) is 3. The summed E-state index contributed by atoms with van der Waals surface area (Å²) in [5, 5.41) is 8.77. The van der Waals surface area contributed by atoms with E-state index in [0.29, 0.717) is 17.9 Å². The molecule has 1 N–H and O–H groups in total. The Labute approximate surface area is 107 Å². The van der Waals surface area contributed by atoms with Gasteiger partial charge in [0.25, 0.3) is 0 Å². The molecule has 18 heavy (non-hydrogen) atoms. The minimum Gasteiger partial charge on any atom is -0.494 e. The monoisotopic (exact) mass is 250 g/mol. The van der Waals surface area contributed by atoms with E-state index in [4.69, 9.17) is 9.84 Å². The average molecular weight is 250 g/mol. The molecule has 0 aromatic heterocycles. The third kappa shape index (κ3) is 4.20. The van der Waals surface area contributed by atoms with Crippen LogP contribution in [0, 0.1) is 5.92 Å². The van der Waals surface area contributed by atoms with Crippen LogP contribution in [0.5, 0.6) is 5.75 Å². The Bertz CT molecular complexity index is 426. The molecule has 0 aliphatic carbocycles. The molecule has 0 amide bonds. The third-order valence-corrected chi connectivity index (χ3v) is 2.54. The van der Waals surface area contributed by atoms with Gasteiger partial charge in [-0.2, -0.15) is 0 Å². The van der Waals surface area contributed by atoms with E-state index in [2.05, 4.69) is 0 Å². The van der Waals surface area contributed by atoms with Gasteiger partial charge in [-0.05, 0) is 18.6 Å². The van der Waals surface area contributed by atoms with Gasteiger partial charge in [-0.3, -0.25) is 9.59 Å². The highest BCUT2D eigenvalue weighted by Crippen LogP contribution is 2.17. The first-order valence-corrected chi connectivity index (χ1v) is 6.03. The van der Waals surface area contributed by atoms with Crippen molar-refractivity contribution in [3.05, 3.63) is 29.8 Å². The van der Waals surface area contributed by atoms with Crippen molar-refractivity contribution in [2.75, 3.05) is 6.61 Å². The lowest BCUT2D eigenvalue weighted by molar-refractivity contribution is -0.141. The number of carboxylic acids is 1. The molecule has 0 aliphatic heterocycles. The van der Waals surface area contributed by atoms with Crippen LogP contribution >= 0.6 is 0 Å². The van der Waals surface area contributed by atoms with Crippen LogP contribution in [0.3, 0.4) is 0 Å². The molecule has 4 heteroatoms. The van der Waals surface area contributed by atoms with Crippen LogP contribution in [-0.2, 0) is 4.79 Å². The second kappa shape index (κ2) is 6.79.